The van der Waals surface area contributed by atoms with Crippen molar-refractivity contribution in [1.82, 2.24) is 5.43 Å². The largest absolute Gasteiger partial charge is 0.271 e. The van der Waals surface area contributed by atoms with Crippen LogP contribution >= 0.6 is 11.6 Å². The summed E-state index contributed by atoms with van der Waals surface area (Å²) in [5.41, 5.74) is 3.19. The van der Waals surface area contributed by atoms with Crippen LogP contribution < -0.4 is 11.3 Å². The minimum atomic E-state index is -0.372. The minimum absolute atomic E-state index is 0.147. The van der Waals surface area contributed by atoms with Crippen LogP contribution in [0.2, 0.25) is 5.02 Å². The van der Waals surface area contributed by atoms with Gasteiger partial charge in [-0.2, -0.15) is 0 Å². The quantitative estimate of drug-likeness (QED) is 0.456. The van der Waals surface area contributed by atoms with Crippen molar-refractivity contribution in [3.8, 4) is 0 Å². The van der Waals surface area contributed by atoms with Crippen LogP contribution in [0.4, 0.5) is 4.39 Å². The highest BCUT2D eigenvalue weighted by Gasteiger charge is 2.15. The first-order valence-electron chi connectivity index (χ1n) is 5.60. The van der Waals surface area contributed by atoms with Crippen LogP contribution in [0.5, 0.6) is 0 Å². The highest BCUT2D eigenvalue weighted by molar-refractivity contribution is 6.30. The fraction of sp³-hybridized carbons (Fsp3) is 0.500. The first-order valence-corrected chi connectivity index (χ1v) is 5.98. The van der Waals surface area contributed by atoms with E-state index in [1.807, 2.05) is 0 Å². The maximum Gasteiger partial charge on any atom is 0.146 e. The normalized spacial score (nSPS) is 12.8. The summed E-state index contributed by atoms with van der Waals surface area (Å²) in [6.45, 7) is 2.13. The molecule has 16 heavy (non-hydrogen) atoms. The van der Waals surface area contributed by atoms with Gasteiger partial charge < -0.3 is 0 Å². The van der Waals surface area contributed by atoms with E-state index in [2.05, 4.69) is 12.3 Å². The highest BCUT2D eigenvalue weighted by atomic mass is 35.5. The zero-order chi connectivity index (χ0) is 12.0. The third-order valence-electron chi connectivity index (χ3n) is 2.65. The van der Waals surface area contributed by atoms with E-state index in [1.165, 1.54) is 0 Å². The Kier molecular flexibility index (Phi) is 5.74. The lowest BCUT2D eigenvalue weighted by Crippen LogP contribution is -2.28. The van der Waals surface area contributed by atoms with Gasteiger partial charge in [-0.25, -0.2) is 4.39 Å². The van der Waals surface area contributed by atoms with E-state index < -0.39 is 0 Å². The number of unbranched alkanes of at least 4 members (excludes halogenated alkanes) is 2. The molecule has 0 spiro atoms. The average molecular weight is 245 g/mol. The number of halogens is 2. The van der Waals surface area contributed by atoms with Crippen LogP contribution in [0.15, 0.2) is 18.2 Å². The summed E-state index contributed by atoms with van der Waals surface area (Å²) in [6, 6.07) is 4.84. The van der Waals surface area contributed by atoms with E-state index >= 15 is 0 Å². The average Bonchev–Trinajstić information content (AvgIpc) is 2.29. The zero-order valence-corrected chi connectivity index (χ0v) is 10.2. The summed E-state index contributed by atoms with van der Waals surface area (Å²) in [5, 5.41) is 0.147. The molecule has 0 saturated carbocycles. The van der Waals surface area contributed by atoms with Crippen molar-refractivity contribution in [2.45, 2.75) is 38.6 Å². The third kappa shape index (κ3) is 3.44. The maximum absolute atomic E-state index is 13.7. The fourth-order valence-corrected chi connectivity index (χ4v) is 1.90. The molecular weight excluding hydrogens is 227 g/mol. The van der Waals surface area contributed by atoms with Crippen LogP contribution in [0, 0.1) is 5.82 Å². The number of benzene rings is 1. The highest BCUT2D eigenvalue weighted by Crippen LogP contribution is 2.26. The summed E-state index contributed by atoms with van der Waals surface area (Å²) >= 11 is 5.73. The van der Waals surface area contributed by atoms with Gasteiger partial charge in [-0.15, -0.1) is 0 Å². The molecule has 1 rings (SSSR count). The lowest BCUT2D eigenvalue weighted by molar-refractivity contribution is 0.464. The van der Waals surface area contributed by atoms with Gasteiger partial charge in [-0.05, 0) is 12.5 Å². The van der Waals surface area contributed by atoms with Crippen molar-refractivity contribution in [1.29, 1.82) is 0 Å². The molecule has 0 aliphatic carbocycles. The number of nitrogens with one attached hydrogen (secondary N) is 1. The Bertz CT molecular complexity index is 331. The van der Waals surface area contributed by atoms with Gasteiger partial charge in [0.1, 0.15) is 5.82 Å². The second-order valence-electron chi connectivity index (χ2n) is 3.86. The Morgan fingerprint density at radius 3 is 2.81 bits per heavy atom. The Hall–Kier alpha value is -0.640. The second-order valence-corrected chi connectivity index (χ2v) is 4.27. The molecule has 1 aromatic rings. The van der Waals surface area contributed by atoms with E-state index in [4.69, 9.17) is 17.4 Å². The Labute approximate surface area is 101 Å². The first kappa shape index (κ1) is 13.4. The van der Waals surface area contributed by atoms with Crippen molar-refractivity contribution < 1.29 is 4.39 Å². The van der Waals surface area contributed by atoms with Gasteiger partial charge in [0.25, 0.3) is 0 Å². The molecule has 1 atom stereocenters. The number of hydrogen-bond acceptors (Lipinski definition) is 2. The van der Waals surface area contributed by atoms with Gasteiger partial charge in [0.05, 0.1) is 5.02 Å². The molecule has 0 fully saturated rings. The second kappa shape index (κ2) is 6.84. The third-order valence-corrected chi connectivity index (χ3v) is 2.95. The van der Waals surface area contributed by atoms with E-state index in [-0.39, 0.29) is 16.9 Å². The smallest absolute Gasteiger partial charge is 0.146 e. The minimum Gasteiger partial charge on any atom is -0.271 e. The van der Waals surface area contributed by atoms with Gasteiger partial charge in [-0.1, -0.05) is 49.9 Å². The molecule has 0 bridgehead atoms. The molecule has 0 radical (unpaired) electrons. The fourth-order valence-electron chi connectivity index (χ4n) is 1.72. The van der Waals surface area contributed by atoms with Crippen molar-refractivity contribution in [3.63, 3.8) is 0 Å². The molecule has 0 heterocycles. The lowest BCUT2D eigenvalue weighted by Gasteiger charge is -2.17. The number of hydrogen-bond donors (Lipinski definition) is 2. The molecule has 1 unspecified atom stereocenters. The van der Waals surface area contributed by atoms with Gasteiger partial charge in [0.2, 0.25) is 0 Å². The van der Waals surface area contributed by atoms with Crippen LogP contribution in [0.25, 0.3) is 0 Å². The van der Waals surface area contributed by atoms with Crippen molar-refractivity contribution in [2.24, 2.45) is 5.84 Å². The molecule has 3 N–H and O–H groups in total. The van der Waals surface area contributed by atoms with Gasteiger partial charge in [0.15, 0.2) is 0 Å². The molecule has 0 aromatic heterocycles. The SMILES string of the molecule is CCCCCC(NN)c1cccc(Cl)c1F. The van der Waals surface area contributed by atoms with Gasteiger partial charge >= 0.3 is 0 Å². The molecule has 4 heteroatoms. The number of nitrogens with two attached hydrogens (primary N) is 1. The molecule has 0 amide bonds. The Morgan fingerprint density at radius 2 is 2.19 bits per heavy atom. The predicted octanol–water partition coefficient (Wildman–Crippen LogP) is 3.56. The van der Waals surface area contributed by atoms with Crippen LogP contribution in [0.1, 0.15) is 44.2 Å². The Morgan fingerprint density at radius 1 is 1.44 bits per heavy atom. The maximum atomic E-state index is 13.7. The van der Waals surface area contributed by atoms with Gasteiger partial charge in [-0.3, -0.25) is 11.3 Å². The Balaban J connectivity index is 2.74. The van der Waals surface area contributed by atoms with E-state index in [0.717, 1.165) is 25.7 Å². The number of rotatable bonds is 6. The van der Waals surface area contributed by atoms with Crippen molar-refractivity contribution in [2.75, 3.05) is 0 Å². The van der Waals surface area contributed by atoms with E-state index in [0.29, 0.717) is 5.56 Å². The molecule has 1 aromatic carbocycles. The summed E-state index contributed by atoms with van der Waals surface area (Å²) in [7, 11) is 0. The van der Waals surface area contributed by atoms with E-state index in [9.17, 15) is 4.39 Å². The standard InChI is InChI=1S/C12H18ClFN2/c1-2-3-4-8-11(16-15)9-6-5-7-10(13)12(9)14/h5-7,11,16H,2-4,8,15H2,1H3. The van der Waals surface area contributed by atoms with Crippen molar-refractivity contribution >= 4 is 11.6 Å². The van der Waals surface area contributed by atoms with E-state index in [1.54, 1.807) is 18.2 Å². The first-order chi connectivity index (χ1) is 7.70. The summed E-state index contributed by atoms with van der Waals surface area (Å²) in [4.78, 5) is 0. The lowest BCUT2D eigenvalue weighted by atomic mass is 10.0. The summed E-state index contributed by atoms with van der Waals surface area (Å²) in [5.74, 6) is 5.07. The molecule has 90 valence electrons. The van der Waals surface area contributed by atoms with Crippen LogP contribution in [-0.4, -0.2) is 0 Å². The predicted molar refractivity (Wildman–Crippen MR) is 65.6 cm³/mol. The molecular formula is C12H18ClFN2. The molecule has 0 aliphatic rings. The zero-order valence-electron chi connectivity index (χ0n) is 9.47. The summed E-state index contributed by atoms with van der Waals surface area (Å²) in [6.07, 6.45) is 4.11. The topological polar surface area (TPSA) is 38.0 Å². The van der Waals surface area contributed by atoms with Crippen LogP contribution in [0.3, 0.4) is 0 Å². The van der Waals surface area contributed by atoms with Gasteiger partial charge in [0, 0.05) is 11.6 Å². The van der Waals surface area contributed by atoms with Crippen LogP contribution in [-0.2, 0) is 0 Å². The molecule has 2 nitrogen and oxygen atoms in total. The number of hydrazine groups is 1. The monoisotopic (exact) mass is 244 g/mol. The molecule has 0 aliphatic heterocycles. The van der Waals surface area contributed by atoms with Crippen molar-refractivity contribution in [3.05, 3.63) is 34.6 Å². The summed E-state index contributed by atoms with van der Waals surface area (Å²) < 4.78 is 13.7. The molecule has 0 saturated heterocycles.